The lowest BCUT2D eigenvalue weighted by molar-refractivity contribution is 0.0593. The zero-order valence-electron chi connectivity index (χ0n) is 19.1. The van der Waals surface area contributed by atoms with E-state index in [0.29, 0.717) is 6.61 Å². The topological polar surface area (TPSA) is 71.2 Å². The van der Waals surface area contributed by atoms with Crippen molar-refractivity contribution in [1.82, 2.24) is 19.6 Å². The summed E-state index contributed by atoms with van der Waals surface area (Å²) in [5.74, 6) is 0.280. The highest BCUT2D eigenvalue weighted by Gasteiger charge is 2.20. The second-order valence-corrected chi connectivity index (χ2v) is 8.87. The first kappa shape index (κ1) is 21.6. The van der Waals surface area contributed by atoms with E-state index in [0.717, 1.165) is 40.1 Å². The molecule has 0 spiro atoms. The molecule has 0 aliphatic heterocycles. The van der Waals surface area contributed by atoms with Crippen molar-refractivity contribution < 1.29 is 14.3 Å². The van der Waals surface area contributed by atoms with Gasteiger partial charge in [0.1, 0.15) is 5.75 Å². The minimum absolute atomic E-state index is 0.0457. The highest BCUT2D eigenvalue weighted by Crippen LogP contribution is 2.31. The zero-order valence-corrected chi connectivity index (χ0v) is 19.1. The second kappa shape index (κ2) is 8.49. The molecule has 0 amide bonds. The molecule has 7 nitrogen and oxygen atoms in total. The summed E-state index contributed by atoms with van der Waals surface area (Å²) in [5, 5.41) is 10.1. The van der Waals surface area contributed by atoms with Gasteiger partial charge in [0.2, 0.25) is 0 Å². The third-order valence-corrected chi connectivity index (χ3v) is 5.07. The maximum absolute atomic E-state index is 12.3. The largest absolute Gasteiger partial charge is 0.493 e. The number of hydrogen-bond acceptors (Lipinski definition) is 5. The standard InChI is InChI=1S/C25H28N4O3/c1-6-28-23-18(15-26-28)10-8-12-21(23)29-22(14-20(27-29)24(30)31-5)17-9-7-11-19(13-17)32-16-25(2,3)4/h7-15H,6,16H2,1-5H3. The monoisotopic (exact) mass is 432 g/mol. The minimum Gasteiger partial charge on any atom is -0.493 e. The normalized spacial score (nSPS) is 11.7. The van der Waals surface area contributed by atoms with Crippen molar-refractivity contribution in [2.24, 2.45) is 5.41 Å². The molecular weight excluding hydrogens is 404 g/mol. The molecule has 0 bridgehead atoms. The van der Waals surface area contributed by atoms with Gasteiger partial charge < -0.3 is 9.47 Å². The molecule has 0 radical (unpaired) electrons. The molecule has 2 heterocycles. The molecule has 0 aliphatic carbocycles. The predicted molar refractivity (Wildman–Crippen MR) is 124 cm³/mol. The van der Waals surface area contributed by atoms with Crippen molar-refractivity contribution in [1.29, 1.82) is 0 Å². The zero-order chi connectivity index (χ0) is 22.9. The molecule has 0 N–H and O–H groups in total. The number of aryl methyl sites for hydroxylation is 1. The van der Waals surface area contributed by atoms with Gasteiger partial charge in [0.05, 0.1) is 36.8 Å². The summed E-state index contributed by atoms with van der Waals surface area (Å²) in [6.45, 7) is 9.75. The van der Waals surface area contributed by atoms with Gasteiger partial charge in [-0.3, -0.25) is 4.68 Å². The molecular formula is C25H28N4O3. The number of nitrogens with zero attached hydrogens (tertiary/aromatic N) is 4. The summed E-state index contributed by atoms with van der Waals surface area (Å²) in [5.41, 5.74) is 3.73. The number of benzene rings is 2. The van der Waals surface area contributed by atoms with Crippen molar-refractivity contribution in [3.63, 3.8) is 0 Å². The third-order valence-electron chi connectivity index (χ3n) is 5.07. The fourth-order valence-electron chi connectivity index (χ4n) is 3.55. The fraction of sp³-hybridized carbons (Fsp3) is 0.320. The van der Waals surface area contributed by atoms with E-state index in [1.54, 1.807) is 10.7 Å². The van der Waals surface area contributed by atoms with Gasteiger partial charge in [0, 0.05) is 17.5 Å². The van der Waals surface area contributed by atoms with Gasteiger partial charge in [-0.2, -0.15) is 10.2 Å². The van der Waals surface area contributed by atoms with Crippen LogP contribution in [0.5, 0.6) is 5.75 Å². The molecule has 0 aliphatic rings. The van der Waals surface area contributed by atoms with E-state index < -0.39 is 5.97 Å². The van der Waals surface area contributed by atoms with Crippen LogP contribution in [0.1, 0.15) is 38.2 Å². The van der Waals surface area contributed by atoms with E-state index in [-0.39, 0.29) is 11.1 Å². The van der Waals surface area contributed by atoms with E-state index in [1.165, 1.54) is 7.11 Å². The molecule has 32 heavy (non-hydrogen) atoms. The Morgan fingerprint density at radius 2 is 1.88 bits per heavy atom. The van der Waals surface area contributed by atoms with Crippen LogP contribution in [0.15, 0.2) is 54.7 Å². The lowest BCUT2D eigenvalue weighted by Crippen LogP contribution is -2.16. The van der Waals surface area contributed by atoms with Crippen molar-refractivity contribution in [3.05, 3.63) is 60.4 Å². The van der Waals surface area contributed by atoms with Crippen molar-refractivity contribution in [2.45, 2.75) is 34.2 Å². The first-order valence-electron chi connectivity index (χ1n) is 10.7. The second-order valence-electron chi connectivity index (χ2n) is 8.87. The van der Waals surface area contributed by atoms with Crippen molar-refractivity contribution >= 4 is 16.9 Å². The third kappa shape index (κ3) is 4.23. The van der Waals surface area contributed by atoms with E-state index >= 15 is 0 Å². The van der Waals surface area contributed by atoms with Gasteiger partial charge >= 0.3 is 5.97 Å². The number of para-hydroxylation sites is 1. The summed E-state index contributed by atoms with van der Waals surface area (Å²) >= 11 is 0. The van der Waals surface area contributed by atoms with Crippen LogP contribution >= 0.6 is 0 Å². The van der Waals surface area contributed by atoms with Crippen LogP contribution in [0.4, 0.5) is 0 Å². The van der Waals surface area contributed by atoms with Crippen LogP contribution < -0.4 is 4.74 Å². The lowest BCUT2D eigenvalue weighted by Gasteiger charge is -2.19. The number of esters is 1. The average molecular weight is 433 g/mol. The van der Waals surface area contributed by atoms with Gasteiger partial charge in [-0.05, 0) is 36.6 Å². The first-order valence-corrected chi connectivity index (χ1v) is 10.7. The molecule has 0 saturated heterocycles. The number of aromatic nitrogens is 4. The number of fused-ring (bicyclic) bond motifs is 1. The summed E-state index contributed by atoms with van der Waals surface area (Å²) in [6, 6.07) is 15.5. The molecule has 7 heteroatoms. The fourth-order valence-corrected chi connectivity index (χ4v) is 3.55. The highest BCUT2D eigenvalue weighted by molar-refractivity contribution is 5.91. The van der Waals surface area contributed by atoms with Gasteiger partial charge in [-0.1, -0.05) is 45.0 Å². The Hall–Kier alpha value is -3.61. The van der Waals surface area contributed by atoms with Crippen LogP contribution in [0, 0.1) is 5.41 Å². The van der Waals surface area contributed by atoms with Crippen LogP contribution in [-0.4, -0.2) is 39.2 Å². The Morgan fingerprint density at radius 3 is 2.59 bits per heavy atom. The number of carbonyl (C=O) groups excluding carboxylic acids is 1. The van der Waals surface area contributed by atoms with Crippen LogP contribution in [0.25, 0.3) is 27.8 Å². The number of rotatable bonds is 6. The molecule has 2 aromatic heterocycles. The van der Waals surface area contributed by atoms with Gasteiger partial charge in [-0.25, -0.2) is 9.48 Å². The smallest absolute Gasteiger partial charge is 0.358 e. The van der Waals surface area contributed by atoms with Gasteiger partial charge in [0.25, 0.3) is 0 Å². The molecule has 4 aromatic rings. The summed E-state index contributed by atoms with van der Waals surface area (Å²) < 4.78 is 14.7. The molecule has 0 saturated carbocycles. The summed E-state index contributed by atoms with van der Waals surface area (Å²) in [4.78, 5) is 12.3. The van der Waals surface area contributed by atoms with E-state index in [1.807, 2.05) is 60.3 Å². The van der Waals surface area contributed by atoms with E-state index in [2.05, 4.69) is 31.0 Å². The molecule has 0 unspecified atom stereocenters. The summed E-state index contributed by atoms with van der Waals surface area (Å²) in [7, 11) is 1.36. The SMILES string of the molecule is CCn1ncc2cccc(-n3nc(C(=O)OC)cc3-c3cccc(OCC(C)(C)C)c3)c21. The molecule has 4 rings (SSSR count). The lowest BCUT2D eigenvalue weighted by atomic mass is 9.99. The molecule has 0 atom stereocenters. The summed E-state index contributed by atoms with van der Waals surface area (Å²) in [6.07, 6.45) is 1.84. The average Bonchev–Trinajstić information content (AvgIpc) is 3.41. The van der Waals surface area contributed by atoms with Gasteiger partial charge in [0.15, 0.2) is 5.69 Å². The van der Waals surface area contributed by atoms with Crippen molar-refractivity contribution in [2.75, 3.05) is 13.7 Å². The van der Waals surface area contributed by atoms with Crippen LogP contribution in [0.3, 0.4) is 0 Å². The van der Waals surface area contributed by atoms with Crippen LogP contribution in [-0.2, 0) is 11.3 Å². The maximum Gasteiger partial charge on any atom is 0.358 e. The molecule has 166 valence electrons. The Morgan fingerprint density at radius 1 is 1.09 bits per heavy atom. The molecule has 2 aromatic carbocycles. The quantitative estimate of drug-likeness (QED) is 0.396. The van der Waals surface area contributed by atoms with Crippen molar-refractivity contribution in [3.8, 4) is 22.7 Å². The highest BCUT2D eigenvalue weighted by atomic mass is 16.5. The Labute approximate surface area is 187 Å². The number of methoxy groups -OCH3 is 1. The maximum atomic E-state index is 12.3. The van der Waals surface area contributed by atoms with Gasteiger partial charge in [-0.15, -0.1) is 0 Å². The Balaban J connectivity index is 1.87. The Kier molecular flexibility index (Phi) is 5.74. The Bertz CT molecular complexity index is 1260. The first-order chi connectivity index (χ1) is 15.3. The molecule has 0 fully saturated rings. The van der Waals surface area contributed by atoms with E-state index in [4.69, 9.17) is 9.47 Å². The number of carbonyl (C=O) groups is 1. The number of hydrogen-bond donors (Lipinski definition) is 0. The van der Waals surface area contributed by atoms with E-state index in [9.17, 15) is 4.79 Å². The predicted octanol–water partition coefficient (Wildman–Crippen LogP) is 5.12. The minimum atomic E-state index is -0.485. The number of ether oxygens (including phenoxy) is 2. The van der Waals surface area contributed by atoms with Crippen LogP contribution in [0.2, 0.25) is 0 Å².